The van der Waals surface area contributed by atoms with Gasteiger partial charge in [0.2, 0.25) is 41.4 Å². The van der Waals surface area contributed by atoms with E-state index in [1.807, 2.05) is 78.9 Å². The molecule has 354 valence electrons. The average molecular weight is 917 g/mol. The minimum Gasteiger partial charge on any atom is -0.370 e. The predicted molar refractivity (Wildman–Crippen MR) is 248 cm³/mol. The molecule has 7 amide bonds. The van der Waals surface area contributed by atoms with E-state index in [0.717, 1.165) is 29.8 Å². The molecule has 18 nitrogen and oxygen atoms in total. The highest BCUT2D eigenvalue weighted by molar-refractivity contribution is 6.00. The quantitative estimate of drug-likeness (QED) is 0.133. The van der Waals surface area contributed by atoms with Crippen LogP contribution in [-0.4, -0.2) is 134 Å². The van der Waals surface area contributed by atoms with Crippen molar-refractivity contribution in [1.29, 1.82) is 0 Å². The van der Waals surface area contributed by atoms with Gasteiger partial charge in [-0.1, -0.05) is 73.7 Å². The van der Waals surface area contributed by atoms with Gasteiger partial charge in [0.05, 0.1) is 29.5 Å². The van der Waals surface area contributed by atoms with Gasteiger partial charge in [0, 0.05) is 71.7 Å². The number of hydrogen-bond acceptors (Lipinski definition) is 10. The fourth-order valence-corrected chi connectivity index (χ4v) is 10.2. The Labute approximate surface area is 388 Å². The van der Waals surface area contributed by atoms with Crippen molar-refractivity contribution in [2.24, 2.45) is 18.7 Å². The van der Waals surface area contributed by atoms with Crippen molar-refractivity contribution in [3.8, 4) is 0 Å². The molecule has 3 aromatic carbocycles. The molecule has 0 aliphatic carbocycles. The van der Waals surface area contributed by atoms with Crippen molar-refractivity contribution in [1.82, 2.24) is 44.7 Å². The monoisotopic (exact) mass is 916 g/mol. The zero-order valence-electron chi connectivity index (χ0n) is 38.1. The third-order valence-corrected chi connectivity index (χ3v) is 13.8. The van der Waals surface area contributed by atoms with Crippen molar-refractivity contribution in [2.45, 2.75) is 88.6 Å². The summed E-state index contributed by atoms with van der Waals surface area (Å²) in [5, 5.41) is 8.31. The summed E-state index contributed by atoms with van der Waals surface area (Å²) < 4.78 is 3.01. The number of carbonyl (C=O) groups is 7. The number of nitrogens with two attached hydrogens (primary N) is 1. The Morgan fingerprint density at radius 1 is 0.791 bits per heavy atom. The van der Waals surface area contributed by atoms with Crippen LogP contribution >= 0.6 is 0 Å². The van der Waals surface area contributed by atoms with Crippen molar-refractivity contribution in [2.75, 3.05) is 45.8 Å². The van der Waals surface area contributed by atoms with Gasteiger partial charge in [-0.25, -0.2) is 4.79 Å². The number of imidazole rings is 1. The summed E-state index contributed by atoms with van der Waals surface area (Å²) in [5.74, 6) is -3.18. The molecular weight excluding hydrogens is 857 g/mol. The molecule has 0 spiro atoms. The molecule has 4 aliphatic heterocycles. The first-order chi connectivity index (χ1) is 32.2. The summed E-state index contributed by atoms with van der Waals surface area (Å²) in [5.41, 5.74) is 9.24. The Morgan fingerprint density at radius 3 is 2.12 bits per heavy atom. The van der Waals surface area contributed by atoms with E-state index >= 15 is 0 Å². The van der Waals surface area contributed by atoms with Gasteiger partial charge in [0.25, 0.3) is 0 Å². The normalized spacial score (nSPS) is 22.2. The van der Waals surface area contributed by atoms with Crippen LogP contribution in [0.2, 0.25) is 0 Å². The highest BCUT2D eigenvalue weighted by Crippen LogP contribution is 2.31. The molecule has 4 aliphatic rings. The lowest BCUT2D eigenvalue weighted by Crippen LogP contribution is -2.57. The Kier molecular flexibility index (Phi) is 14.3. The van der Waals surface area contributed by atoms with E-state index < -0.39 is 53.7 Å². The number of carbonyl (C=O) groups excluding carboxylic acids is 7. The third kappa shape index (κ3) is 10.5. The Bertz CT molecular complexity index is 2530. The van der Waals surface area contributed by atoms with Gasteiger partial charge >= 0.3 is 5.69 Å². The molecule has 18 heteroatoms. The number of nitrogens with zero attached hydrogens (tertiary/aromatic N) is 6. The van der Waals surface area contributed by atoms with E-state index in [1.54, 1.807) is 23.8 Å². The number of piperidine rings is 1. The number of primary amides is 1. The van der Waals surface area contributed by atoms with Gasteiger partial charge in [-0.2, -0.15) is 0 Å². The molecule has 0 bridgehead atoms. The molecule has 4 aromatic rings. The molecular formula is C49H60N10O8. The second-order valence-electron chi connectivity index (χ2n) is 18.4. The topological polar surface area (TPSA) is 221 Å². The van der Waals surface area contributed by atoms with Gasteiger partial charge < -0.3 is 26.2 Å². The molecule has 67 heavy (non-hydrogen) atoms. The zero-order valence-corrected chi connectivity index (χ0v) is 38.1. The van der Waals surface area contributed by atoms with Crippen LogP contribution in [0.1, 0.15) is 80.6 Å². The molecule has 5 atom stereocenters. The molecule has 5 N–H and O–H groups in total. The molecule has 1 aromatic heterocycles. The smallest absolute Gasteiger partial charge is 0.329 e. The lowest BCUT2D eigenvalue weighted by Gasteiger charge is -2.39. The van der Waals surface area contributed by atoms with Gasteiger partial charge in [-0.15, -0.1) is 0 Å². The van der Waals surface area contributed by atoms with Crippen LogP contribution in [-0.2, 0) is 47.2 Å². The lowest BCUT2D eigenvalue weighted by atomic mass is 9.98. The summed E-state index contributed by atoms with van der Waals surface area (Å²) in [6.45, 7) is 6.10. The van der Waals surface area contributed by atoms with Gasteiger partial charge in [-0.05, 0) is 60.9 Å². The van der Waals surface area contributed by atoms with E-state index in [-0.39, 0.29) is 68.2 Å². The molecule has 4 fully saturated rings. The fraction of sp³-hybridized carbons (Fsp3) is 0.469. The fourth-order valence-electron chi connectivity index (χ4n) is 10.2. The molecule has 5 heterocycles. The summed E-state index contributed by atoms with van der Waals surface area (Å²) in [6, 6.07) is 21.3. The number of rotatable bonds is 14. The predicted octanol–water partition coefficient (Wildman–Crippen LogP) is 1.32. The maximum atomic E-state index is 14.1. The first-order valence-corrected chi connectivity index (χ1v) is 23.3. The summed E-state index contributed by atoms with van der Waals surface area (Å²) in [7, 11) is 1.68. The summed E-state index contributed by atoms with van der Waals surface area (Å²) >= 11 is 0. The summed E-state index contributed by atoms with van der Waals surface area (Å²) in [4.78, 5) is 113. The number of piperazine rings is 1. The summed E-state index contributed by atoms with van der Waals surface area (Å²) in [6.07, 6.45) is 1.78. The largest absolute Gasteiger partial charge is 0.370 e. The van der Waals surface area contributed by atoms with Gasteiger partial charge in [-0.3, -0.25) is 57.8 Å². The lowest BCUT2D eigenvalue weighted by molar-refractivity contribution is -0.147. The van der Waals surface area contributed by atoms with E-state index in [4.69, 9.17) is 5.73 Å². The van der Waals surface area contributed by atoms with E-state index in [1.165, 1.54) is 9.13 Å². The van der Waals surface area contributed by atoms with E-state index in [2.05, 4.69) is 25.8 Å². The minimum absolute atomic E-state index is 0.0138. The van der Waals surface area contributed by atoms with Crippen molar-refractivity contribution in [3.63, 3.8) is 0 Å². The van der Waals surface area contributed by atoms with Crippen LogP contribution in [0.15, 0.2) is 83.7 Å². The number of hydrogen-bond donors (Lipinski definition) is 4. The second-order valence-corrected chi connectivity index (χ2v) is 18.4. The minimum atomic E-state index is -1.08. The first-order valence-electron chi connectivity index (χ1n) is 23.3. The van der Waals surface area contributed by atoms with Gasteiger partial charge in [0.15, 0.2) is 0 Å². The maximum absolute atomic E-state index is 14.1. The first kappa shape index (κ1) is 46.9. The molecule has 8 rings (SSSR count). The Morgan fingerprint density at radius 2 is 1.46 bits per heavy atom. The number of nitrogens with one attached hydrogen (secondary N) is 3. The number of imide groups is 1. The van der Waals surface area contributed by atoms with E-state index in [0.29, 0.717) is 56.5 Å². The van der Waals surface area contributed by atoms with Crippen LogP contribution in [0, 0.1) is 5.92 Å². The molecule has 4 saturated heterocycles. The standard InChI is InChI=1S/C49H60N10O8/c1-31-28-57(43(62)30-56-25-23-55(24-26-56)29-32-13-16-37-40(27-32)54(2)49(67)59(37)39-18-20-42(61)52-47(39)65)22-21-35-14-17-38(58(35)48(31)66)46(64)51-36(15-19-41(50)60)45(63)53-44(33-9-5-3-6-10-33)34-11-7-4-8-12-34/h3-13,16,27,31,35-36,38-39,44H,14-15,17-26,28-30H2,1-2H3,(H2,50,60)(H,51,64)(H,53,63)(H,52,61,65)/t31-,35+,36-,38-,39?/m0/s1. The van der Waals surface area contributed by atoms with Crippen LogP contribution in [0.3, 0.4) is 0 Å². The Hall–Kier alpha value is -6.66. The number of aryl methyl sites for hydroxylation is 1. The molecule has 0 radical (unpaired) electrons. The van der Waals surface area contributed by atoms with Crippen LogP contribution in [0.25, 0.3) is 11.0 Å². The number of aromatic nitrogens is 2. The number of amides is 7. The van der Waals surface area contributed by atoms with Crippen molar-refractivity contribution in [3.05, 3.63) is 106 Å². The number of benzene rings is 3. The SMILES string of the molecule is C[C@H]1CN(C(=O)CN2CCN(Cc3ccc4c(c3)n(C)c(=O)n4C3CCC(=O)NC3=O)CC2)CC[C@H]2CC[C@@H](C(=O)N[C@@H](CCC(N)=O)C(=O)NC(c3ccccc3)c3ccccc3)N2C1=O. The highest BCUT2D eigenvalue weighted by atomic mass is 16.2. The number of fused-ring (bicyclic) bond motifs is 2. The van der Waals surface area contributed by atoms with Crippen molar-refractivity contribution < 1.29 is 33.6 Å². The van der Waals surface area contributed by atoms with Crippen molar-refractivity contribution >= 4 is 52.4 Å². The maximum Gasteiger partial charge on any atom is 0.329 e. The zero-order chi connectivity index (χ0) is 47.4. The third-order valence-electron chi connectivity index (χ3n) is 13.8. The second kappa shape index (κ2) is 20.5. The molecule has 1 unspecified atom stereocenters. The molecule has 0 saturated carbocycles. The highest BCUT2D eigenvalue weighted by Gasteiger charge is 2.45. The van der Waals surface area contributed by atoms with E-state index in [9.17, 15) is 38.4 Å². The Balaban J connectivity index is 0.847. The van der Waals surface area contributed by atoms with Gasteiger partial charge in [0.1, 0.15) is 18.1 Å². The van der Waals surface area contributed by atoms with Crippen LogP contribution < -0.4 is 27.4 Å². The van der Waals surface area contributed by atoms with Crippen LogP contribution in [0.5, 0.6) is 0 Å². The van der Waals surface area contributed by atoms with Crippen LogP contribution in [0.4, 0.5) is 0 Å². The average Bonchev–Trinajstić information content (AvgIpc) is 3.85.